The minimum atomic E-state index is -0.330. The zero-order valence-corrected chi connectivity index (χ0v) is 5.63. The Hall–Kier alpha value is -0.930. The lowest BCUT2D eigenvalue weighted by Crippen LogP contribution is -2.06. The van der Waals surface area contributed by atoms with E-state index in [2.05, 4.69) is 15.0 Å². The molecule has 0 saturated carbocycles. The fraction of sp³-hybridized carbons (Fsp3) is 0.800. The summed E-state index contributed by atoms with van der Waals surface area (Å²) in [5, 5.41) is 6.82. The molecule has 0 saturated heterocycles. The molecule has 0 spiro atoms. The Bertz CT molecular complexity index is 112. The van der Waals surface area contributed by atoms with Gasteiger partial charge in [-0.1, -0.05) is 0 Å². The highest BCUT2D eigenvalue weighted by molar-refractivity contribution is 5.71. The molecule has 0 heterocycles. The number of nitrogens with zero attached hydrogens (tertiary/aromatic N) is 2. The van der Waals surface area contributed by atoms with Crippen LogP contribution in [0.2, 0.25) is 0 Å². The second-order valence-corrected chi connectivity index (χ2v) is 1.30. The SMILES string of the molecule is CCOC(=O)C/N=N/C. The van der Waals surface area contributed by atoms with Crippen LogP contribution in [0.3, 0.4) is 0 Å². The number of carbonyl (C=O) groups is 1. The van der Waals surface area contributed by atoms with Crippen LogP contribution in [0.4, 0.5) is 0 Å². The molecule has 4 nitrogen and oxygen atoms in total. The number of carbonyl (C=O) groups excluding carboxylic acids is 1. The Kier molecular flexibility index (Phi) is 4.67. The van der Waals surface area contributed by atoms with Crippen LogP contribution in [0.25, 0.3) is 0 Å². The van der Waals surface area contributed by atoms with E-state index in [0.717, 1.165) is 0 Å². The van der Waals surface area contributed by atoms with Crippen molar-refractivity contribution in [2.75, 3.05) is 20.2 Å². The summed E-state index contributed by atoms with van der Waals surface area (Å²) in [6, 6.07) is 0. The fourth-order valence-corrected chi connectivity index (χ4v) is 0.335. The summed E-state index contributed by atoms with van der Waals surface area (Å²) < 4.78 is 4.55. The van der Waals surface area contributed by atoms with Crippen LogP contribution in [0.1, 0.15) is 6.92 Å². The zero-order valence-electron chi connectivity index (χ0n) is 5.63. The second kappa shape index (κ2) is 5.21. The van der Waals surface area contributed by atoms with Gasteiger partial charge in [0.15, 0.2) is 6.54 Å². The summed E-state index contributed by atoms with van der Waals surface area (Å²) in [7, 11) is 1.51. The third kappa shape index (κ3) is 4.93. The Balaban J connectivity index is 3.27. The summed E-state index contributed by atoms with van der Waals surface area (Å²) in [5.41, 5.74) is 0. The van der Waals surface area contributed by atoms with Gasteiger partial charge in [-0.05, 0) is 6.92 Å². The summed E-state index contributed by atoms with van der Waals surface area (Å²) >= 11 is 0. The maximum atomic E-state index is 10.4. The van der Waals surface area contributed by atoms with Gasteiger partial charge in [0.2, 0.25) is 0 Å². The summed E-state index contributed by atoms with van der Waals surface area (Å²) in [6.07, 6.45) is 0. The number of hydrogen-bond acceptors (Lipinski definition) is 4. The second-order valence-electron chi connectivity index (χ2n) is 1.30. The van der Waals surface area contributed by atoms with Gasteiger partial charge in [0.05, 0.1) is 6.61 Å². The first-order valence-electron chi connectivity index (χ1n) is 2.72. The number of rotatable bonds is 3. The highest BCUT2D eigenvalue weighted by atomic mass is 16.5. The van der Waals surface area contributed by atoms with Crippen LogP contribution < -0.4 is 0 Å². The number of esters is 1. The molecule has 0 aromatic heterocycles. The van der Waals surface area contributed by atoms with E-state index in [1.54, 1.807) is 6.92 Å². The van der Waals surface area contributed by atoms with Crippen molar-refractivity contribution in [1.82, 2.24) is 0 Å². The first-order chi connectivity index (χ1) is 4.31. The van der Waals surface area contributed by atoms with Crippen molar-refractivity contribution in [3.05, 3.63) is 0 Å². The predicted octanol–water partition coefficient (Wildman–Crippen LogP) is 0.631. The van der Waals surface area contributed by atoms with Crippen molar-refractivity contribution in [3.63, 3.8) is 0 Å². The minimum absolute atomic E-state index is 0.0321. The van der Waals surface area contributed by atoms with Crippen LogP contribution in [-0.4, -0.2) is 26.2 Å². The lowest BCUT2D eigenvalue weighted by atomic mass is 10.7. The van der Waals surface area contributed by atoms with Crippen LogP contribution in [-0.2, 0) is 9.53 Å². The first-order valence-corrected chi connectivity index (χ1v) is 2.72. The van der Waals surface area contributed by atoms with E-state index in [9.17, 15) is 4.79 Å². The Morgan fingerprint density at radius 1 is 1.67 bits per heavy atom. The Labute approximate surface area is 53.9 Å². The van der Waals surface area contributed by atoms with E-state index in [1.807, 2.05) is 0 Å². The monoisotopic (exact) mass is 130 g/mol. The molecule has 0 bridgehead atoms. The third-order valence-electron chi connectivity index (χ3n) is 0.647. The molecule has 0 rings (SSSR count). The third-order valence-corrected chi connectivity index (χ3v) is 0.647. The van der Waals surface area contributed by atoms with Crippen molar-refractivity contribution in [2.45, 2.75) is 6.92 Å². The van der Waals surface area contributed by atoms with E-state index in [-0.39, 0.29) is 12.5 Å². The maximum Gasteiger partial charge on any atom is 0.329 e. The molecule has 0 aromatic rings. The Morgan fingerprint density at radius 3 is 2.78 bits per heavy atom. The Morgan fingerprint density at radius 2 is 2.33 bits per heavy atom. The predicted molar refractivity (Wildman–Crippen MR) is 32.3 cm³/mol. The van der Waals surface area contributed by atoms with Gasteiger partial charge < -0.3 is 4.74 Å². The standard InChI is InChI=1S/C5H10N2O2/c1-3-9-5(8)4-7-6-2/h3-4H2,1-2H3/b7-6+. The highest BCUT2D eigenvalue weighted by Crippen LogP contribution is 1.78. The smallest absolute Gasteiger partial charge is 0.329 e. The molecule has 52 valence electrons. The quantitative estimate of drug-likeness (QED) is 0.415. The molecule has 4 heteroatoms. The van der Waals surface area contributed by atoms with Gasteiger partial charge in [0, 0.05) is 7.05 Å². The van der Waals surface area contributed by atoms with Crippen molar-refractivity contribution >= 4 is 5.97 Å². The van der Waals surface area contributed by atoms with Gasteiger partial charge in [-0.3, -0.25) is 0 Å². The number of ether oxygens (including phenoxy) is 1. The topological polar surface area (TPSA) is 51.0 Å². The molecule has 0 aliphatic heterocycles. The summed E-state index contributed by atoms with van der Waals surface area (Å²) in [5.74, 6) is -0.330. The lowest BCUT2D eigenvalue weighted by Gasteiger charge is -1.94. The molecule has 0 amide bonds. The van der Waals surface area contributed by atoms with Crippen molar-refractivity contribution < 1.29 is 9.53 Å². The van der Waals surface area contributed by atoms with Crippen LogP contribution >= 0.6 is 0 Å². The van der Waals surface area contributed by atoms with E-state index in [0.29, 0.717) is 6.61 Å². The van der Waals surface area contributed by atoms with E-state index >= 15 is 0 Å². The van der Waals surface area contributed by atoms with Crippen molar-refractivity contribution in [3.8, 4) is 0 Å². The summed E-state index contributed by atoms with van der Waals surface area (Å²) in [4.78, 5) is 10.4. The largest absolute Gasteiger partial charge is 0.465 e. The maximum absolute atomic E-state index is 10.4. The summed E-state index contributed by atoms with van der Waals surface area (Å²) in [6.45, 7) is 2.18. The van der Waals surface area contributed by atoms with E-state index in [4.69, 9.17) is 0 Å². The minimum Gasteiger partial charge on any atom is -0.465 e. The van der Waals surface area contributed by atoms with Gasteiger partial charge in [-0.25, -0.2) is 4.79 Å². The fourth-order valence-electron chi connectivity index (χ4n) is 0.335. The molecule has 0 unspecified atom stereocenters. The van der Waals surface area contributed by atoms with Crippen molar-refractivity contribution in [2.24, 2.45) is 10.2 Å². The molecule has 0 fully saturated rings. The van der Waals surface area contributed by atoms with E-state index in [1.165, 1.54) is 7.05 Å². The van der Waals surface area contributed by atoms with Crippen molar-refractivity contribution in [1.29, 1.82) is 0 Å². The first kappa shape index (κ1) is 8.07. The van der Waals surface area contributed by atoms with Crippen LogP contribution in [0.5, 0.6) is 0 Å². The van der Waals surface area contributed by atoms with Gasteiger partial charge >= 0.3 is 5.97 Å². The van der Waals surface area contributed by atoms with Gasteiger partial charge in [0.1, 0.15) is 0 Å². The molecule has 0 atom stereocenters. The highest BCUT2D eigenvalue weighted by Gasteiger charge is 1.96. The molecular formula is C5H10N2O2. The van der Waals surface area contributed by atoms with Crippen LogP contribution in [0, 0.1) is 0 Å². The molecule has 9 heavy (non-hydrogen) atoms. The van der Waals surface area contributed by atoms with Crippen LogP contribution in [0.15, 0.2) is 10.2 Å². The average molecular weight is 130 g/mol. The van der Waals surface area contributed by atoms with Gasteiger partial charge in [0.25, 0.3) is 0 Å². The van der Waals surface area contributed by atoms with E-state index < -0.39 is 0 Å². The van der Waals surface area contributed by atoms with Gasteiger partial charge in [-0.15, -0.1) is 0 Å². The molecule has 0 aliphatic rings. The number of hydrogen-bond donors (Lipinski definition) is 0. The molecular weight excluding hydrogens is 120 g/mol. The molecule has 0 aromatic carbocycles. The average Bonchev–Trinajstić information content (AvgIpc) is 1.85. The molecule has 0 N–H and O–H groups in total. The zero-order chi connectivity index (χ0) is 7.11. The normalized spacial score (nSPS) is 10.0. The molecule has 0 aliphatic carbocycles. The number of azo groups is 1. The van der Waals surface area contributed by atoms with Gasteiger partial charge in [-0.2, -0.15) is 10.2 Å². The lowest BCUT2D eigenvalue weighted by molar-refractivity contribution is -0.141. The molecule has 0 radical (unpaired) electrons.